The molecule has 0 radical (unpaired) electrons. The van der Waals surface area contributed by atoms with Crippen LogP contribution in [0.3, 0.4) is 0 Å². The summed E-state index contributed by atoms with van der Waals surface area (Å²) in [6.45, 7) is 4.04. The third-order valence-electron chi connectivity index (χ3n) is 3.19. The molecule has 0 aromatic rings. The third kappa shape index (κ3) is 12.3. The Bertz CT molecular complexity index is 293. The van der Waals surface area contributed by atoms with Crippen molar-refractivity contribution in [2.75, 3.05) is 0 Å². The van der Waals surface area contributed by atoms with Gasteiger partial charge in [-0.1, -0.05) is 52.4 Å². The molecule has 0 aromatic carbocycles. The summed E-state index contributed by atoms with van der Waals surface area (Å²) >= 11 is 0. The maximum absolute atomic E-state index is 11.1. The van der Waals surface area contributed by atoms with Gasteiger partial charge in [-0.25, -0.2) is 8.42 Å². The molecule has 0 saturated carbocycles. The van der Waals surface area contributed by atoms with Crippen molar-refractivity contribution < 1.29 is 47.6 Å². The van der Waals surface area contributed by atoms with Gasteiger partial charge in [-0.05, 0) is 19.3 Å². The number of unbranched alkanes of at least 4 members (excludes halogenated alkanes) is 4. The molecule has 1 N–H and O–H groups in total. The van der Waals surface area contributed by atoms with Crippen LogP contribution in [0.2, 0.25) is 0 Å². The van der Waals surface area contributed by atoms with Crippen molar-refractivity contribution in [2.45, 2.75) is 83.0 Å². The zero-order chi connectivity index (χ0) is 14.0. The van der Waals surface area contributed by atoms with Crippen LogP contribution in [-0.4, -0.2) is 29.4 Å². The van der Waals surface area contributed by atoms with E-state index in [9.17, 15) is 18.1 Å². The van der Waals surface area contributed by atoms with Gasteiger partial charge < -0.3 is 9.66 Å². The molecule has 0 spiro atoms. The van der Waals surface area contributed by atoms with E-state index in [2.05, 4.69) is 6.92 Å². The Labute approximate surface area is 140 Å². The van der Waals surface area contributed by atoms with Crippen molar-refractivity contribution >= 4 is 10.1 Å². The fraction of sp³-hybridized carbons (Fsp3) is 1.00. The van der Waals surface area contributed by atoms with Crippen LogP contribution < -0.4 is 29.6 Å². The Kier molecular flexibility index (Phi) is 14.7. The smallest absolute Gasteiger partial charge is 0.748 e. The van der Waals surface area contributed by atoms with E-state index in [1.54, 1.807) is 0 Å². The molecule has 0 aromatic heterocycles. The van der Waals surface area contributed by atoms with Crippen LogP contribution in [0.25, 0.3) is 0 Å². The average molecular weight is 302 g/mol. The van der Waals surface area contributed by atoms with Crippen LogP contribution in [0, 0.1) is 0 Å². The molecule has 6 heteroatoms. The first-order valence-electron chi connectivity index (χ1n) is 7.04. The van der Waals surface area contributed by atoms with Crippen molar-refractivity contribution in [1.82, 2.24) is 0 Å². The molecule has 0 rings (SSSR count). The predicted octanol–water partition coefficient (Wildman–Crippen LogP) is -0.184. The molecule has 0 aliphatic carbocycles. The number of aliphatic hydroxyl groups excluding tert-OH is 1. The Morgan fingerprint density at radius 3 is 2.05 bits per heavy atom. The summed E-state index contributed by atoms with van der Waals surface area (Å²) in [5, 5.41) is 8.70. The van der Waals surface area contributed by atoms with E-state index in [4.69, 9.17) is 0 Å². The maximum atomic E-state index is 11.1. The molecule has 110 valence electrons. The van der Waals surface area contributed by atoms with Crippen molar-refractivity contribution in [3.05, 3.63) is 0 Å². The second kappa shape index (κ2) is 12.6. The normalized spacial score (nSPS) is 14.7. The van der Waals surface area contributed by atoms with E-state index in [0.29, 0.717) is 12.8 Å². The molecular formula is C13H27NaO4S. The molecule has 4 nitrogen and oxygen atoms in total. The molecule has 0 saturated heterocycles. The van der Waals surface area contributed by atoms with Gasteiger partial charge in [0.05, 0.1) is 21.5 Å². The molecule has 2 atom stereocenters. The quantitative estimate of drug-likeness (QED) is 0.326. The van der Waals surface area contributed by atoms with Crippen LogP contribution >= 0.6 is 0 Å². The SMILES string of the molecule is CCCCCCCC(CC(O)CCC)S(=O)(=O)[O-].[Na+]. The van der Waals surface area contributed by atoms with Crippen molar-refractivity contribution in [3.63, 3.8) is 0 Å². The molecule has 0 bridgehead atoms. The predicted molar refractivity (Wildman–Crippen MR) is 72.4 cm³/mol. The Morgan fingerprint density at radius 1 is 1.00 bits per heavy atom. The number of rotatable bonds is 11. The van der Waals surface area contributed by atoms with Gasteiger partial charge in [0.15, 0.2) is 0 Å². The van der Waals surface area contributed by atoms with E-state index >= 15 is 0 Å². The minimum Gasteiger partial charge on any atom is -0.748 e. The minimum atomic E-state index is -4.28. The standard InChI is InChI=1S/C13H28O4S.Na/c1-3-5-6-7-8-10-13(18(15,16)17)11-12(14)9-4-2;/h12-14H,3-11H2,1-2H3,(H,15,16,17);/q;+1/p-1. The first kappa shape index (κ1) is 22.2. The first-order valence-corrected chi connectivity index (χ1v) is 8.51. The summed E-state index contributed by atoms with van der Waals surface area (Å²) in [5.74, 6) is 0. The topological polar surface area (TPSA) is 77.4 Å². The van der Waals surface area contributed by atoms with Gasteiger partial charge in [0, 0.05) is 0 Å². The first-order chi connectivity index (χ1) is 8.41. The summed E-state index contributed by atoms with van der Waals surface area (Å²) in [5.41, 5.74) is 0. The van der Waals surface area contributed by atoms with Crippen LogP contribution in [0.1, 0.15) is 71.6 Å². The fourth-order valence-corrected chi connectivity index (χ4v) is 3.02. The minimum absolute atomic E-state index is 0. The zero-order valence-electron chi connectivity index (χ0n) is 12.6. The summed E-state index contributed by atoms with van der Waals surface area (Å²) < 4.78 is 33.4. The molecule has 0 amide bonds. The Hall–Kier alpha value is 0.870. The number of aliphatic hydroxyl groups is 1. The van der Waals surface area contributed by atoms with Gasteiger partial charge in [-0.15, -0.1) is 0 Å². The monoisotopic (exact) mass is 302 g/mol. The molecule has 2 unspecified atom stereocenters. The van der Waals surface area contributed by atoms with E-state index in [-0.39, 0.29) is 36.0 Å². The van der Waals surface area contributed by atoms with Crippen LogP contribution in [0.15, 0.2) is 0 Å². The maximum Gasteiger partial charge on any atom is 1.00 e. The summed E-state index contributed by atoms with van der Waals surface area (Å²) in [6, 6.07) is 0. The van der Waals surface area contributed by atoms with Gasteiger partial charge in [0.25, 0.3) is 0 Å². The second-order valence-corrected chi connectivity index (χ2v) is 6.65. The van der Waals surface area contributed by atoms with Crippen LogP contribution in [0.5, 0.6) is 0 Å². The van der Waals surface area contributed by atoms with Gasteiger partial charge in [0.2, 0.25) is 0 Å². The zero-order valence-corrected chi connectivity index (χ0v) is 15.4. The summed E-state index contributed by atoms with van der Waals surface area (Å²) in [4.78, 5) is 0. The Morgan fingerprint density at radius 2 is 1.58 bits per heavy atom. The molecule has 19 heavy (non-hydrogen) atoms. The van der Waals surface area contributed by atoms with E-state index in [0.717, 1.165) is 38.5 Å². The van der Waals surface area contributed by atoms with Crippen LogP contribution in [-0.2, 0) is 10.1 Å². The number of hydrogen-bond donors (Lipinski definition) is 1. The van der Waals surface area contributed by atoms with Crippen molar-refractivity contribution in [2.24, 2.45) is 0 Å². The van der Waals surface area contributed by atoms with E-state index < -0.39 is 21.5 Å². The van der Waals surface area contributed by atoms with Gasteiger partial charge in [-0.3, -0.25) is 0 Å². The van der Waals surface area contributed by atoms with Crippen LogP contribution in [0.4, 0.5) is 0 Å². The largest absolute Gasteiger partial charge is 1.00 e. The van der Waals surface area contributed by atoms with Crippen molar-refractivity contribution in [3.8, 4) is 0 Å². The average Bonchev–Trinajstić information content (AvgIpc) is 2.26. The molecule has 0 aliphatic heterocycles. The molecule has 0 fully saturated rings. The summed E-state index contributed by atoms with van der Waals surface area (Å²) in [6.07, 6.45) is 6.24. The molecule has 0 heterocycles. The van der Waals surface area contributed by atoms with Gasteiger partial charge in [-0.2, -0.15) is 0 Å². The van der Waals surface area contributed by atoms with E-state index in [1.807, 2.05) is 6.92 Å². The van der Waals surface area contributed by atoms with Gasteiger partial charge >= 0.3 is 29.6 Å². The summed E-state index contributed by atoms with van der Waals surface area (Å²) in [7, 11) is -4.28. The molecular weight excluding hydrogens is 275 g/mol. The second-order valence-electron chi connectivity index (χ2n) is 5.00. The molecule has 0 aliphatic rings. The fourth-order valence-electron chi connectivity index (χ4n) is 2.11. The number of hydrogen-bond acceptors (Lipinski definition) is 4. The van der Waals surface area contributed by atoms with Gasteiger partial charge in [0.1, 0.15) is 0 Å². The van der Waals surface area contributed by atoms with E-state index in [1.165, 1.54) is 0 Å². The Balaban J connectivity index is 0. The third-order valence-corrected chi connectivity index (χ3v) is 4.44. The van der Waals surface area contributed by atoms with Crippen molar-refractivity contribution in [1.29, 1.82) is 0 Å².